The number of rotatable bonds is 7. The molecule has 0 saturated carbocycles. The molecule has 1 aromatic carbocycles. The highest BCUT2D eigenvalue weighted by atomic mass is 32.1. The highest BCUT2D eigenvalue weighted by Crippen LogP contribution is 2.45. The Labute approximate surface area is 227 Å². The SMILES string of the molecule is C=CC(=O)N[C@@H]1CC=C(NC(=O)c2sc3nccc4c3c2NC(=O)N4c2ccc(Oc3ccccc3)nc2)C1. The topological polar surface area (TPSA) is 126 Å². The fourth-order valence-corrected chi connectivity index (χ4v) is 5.58. The summed E-state index contributed by atoms with van der Waals surface area (Å²) < 4.78 is 5.76. The fourth-order valence-electron chi connectivity index (χ4n) is 4.57. The zero-order chi connectivity index (χ0) is 26.9. The van der Waals surface area contributed by atoms with Gasteiger partial charge in [0.2, 0.25) is 11.8 Å². The van der Waals surface area contributed by atoms with Crippen molar-refractivity contribution in [2.24, 2.45) is 0 Å². The van der Waals surface area contributed by atoms with Gasteiger partial charge in [-0.2, -0.15) is 0 Å². The van der Waals surface area contributed by atoms with Crippen molar-refractivity contribution < 1.29 is 19.1 Å². The van der Waals surface area contributed by atoms with Crippen LogP contribution in [0.25, 0.3) is 10.2 Å². The van der Waals surface area contributed by atoms with Crippen molar-refractivity contribution in [2.75, 3.05) is 10.2 Å². The molecule has 2 aliphatic rings. The molecule has 0 bridgehead atoms. The number of para-hydroxylation sites is 1. The molecular weight excluding hydrogens is 516 g/mol. The van der Waals surface area contributed by atoms with E-state index >= 15 is 0 Å². The first-order valence-corrected chi connectivity index (χ1v) is 13.0. The number of amides is 4. The Morgan fingerprint density at radius 3 is 2.77 bits per heavy atom. The van der Waals surface area contributed by atoms with Crippen molar-refractivity contribution in [1.82, 2.24) is 20.6 Å². The highest BCUT2D eigenvalue weighted by molar-refractivity contribution is 7.21. The van der Waals surface area contributed by atoms with Gasteiger partial charge in [-0.3, -0.25) is 14.5 Å². The van der Waals surface area contributed by atoms with Crippen LogP contribution in [0.2, 0.25) is 0 Å². The Morgan fingerprint density at radius 2 is 2.00 bits per heavy atom. The van der Waals surface area contributed by atoms with Crippen molar-refractivity contribution in [1.29, 1.82) is 0 Å². The van der Waals surface area contributed by atoms with Gasteiger partial charge in [-0.1, -0.05) is 30.9 Å². The molecule has 0 radical (unpaired) electrons. The average Bonchev–Trinajstić information content (AvgIpc) is 3.55. The van der Waals surface area contributed by atoms with Crippen LogP contribution in [-0.4, -0.2) is 33.9 Å². The normalized spacial score (nSPS) is 15.9. The Bertz CT molecular complexity index is 1650. The molecule has 3 aromatic heterocycles. The van der Waals surface area contributed by atoms with Crippen LogP contribution in [0.15, 0.2) is 85.4 Å². The first-order valence-electron chi connectivity index (χ1n) is 12.1. The van der Waals surface area contributed by atoms with Crippen LogP contribution in [0.3, 0.4) is 0 Å². The zero-order valence-corrected chi connectivity index (χ0v) is 21.3. The summed E-state index contributed by atoms with van der Waals surface area (Å²) >= 11 is 1.20. The molecule has 3 N–H and O–H groups in total. The van der Waals surface area contributed by atoms with E-state index in [4.69, 9.17) is 4.74 Å². The molecule has 194 valence electrons. The van der Waals surface area contributed by atoms with Gasteiger partial charge in [-0.05, 0) is 36.8 Å². The number of hydrogen-bond acceptors (Lipinski definition) is 7. The number of pyridine rings is 2. The molecule has 39 heavy (non-hydrogen) atoms. The van der Waals surface area contributed by atoms with Gasteiger partial charge in [0.25, 0.3) is 5.91 Å². The van der Waals surface area contributed by atoms with E-state index in [-0.39, 0.29) is 17.9 Å². The number of urea groups is 1. The lowest BCUT2D eigenvalue weighted by molar-refractivity contribution is -0.117. The molecule has 0 unspecified atom stereocenters. The van der Waals surface area contributed by atoms with Gasteiger partial charge >= 0.3 is 6.03 Å². The molecular formula is C28H22N6O4S. The maximum atomic E-state index is 13.3. The monoisotopic (exact) mass is 538 g/mol. The smallest absolute Gasteiger partial charge is 0.331 e. The lowest BCUT2D eigenvalue weighted by Gasteiger charge is -2.28. The standard InChI is InChI=1S/C28H22N6O4S/c1-2-21(35)31-16-8-9-17(14-16)32-26(36)25-24-23-20(12-13-29-27(23)39-25)34(28(37)33-24)18-10-11-22(30-15-18)38-19-6-4-3-5-7-19/h2-7,9-13,15-16H,1,8,14H2,(H,31,35)(H,32,36)(H,33,37)/t16-/m1/s1. The number of carbonyl (C=O) groups is 3. The lowest BCUT2D eigenvalue weighted by atomic mass is 10.1. The lowest BCUT2D eigenvalue weighted by Crippen LogP contribution is -2.35. The van der Waals surface area contributed by atoms with Gasteiger partial charge in [0.05, 0.1) is 28.6 Å². The van der Waals surface area contributed by atoms with Gasteiger partial charge in [-0.15, -0.1) is 11.3 Å². The third-order valence-electron chi connectivity index (χ3n) is 6.32. The molecule has 6 rings (SSSR count). The van der Waals surface area contributed by atoms with Crippen molar-refractivity contribution in [2.45, 2.75) is 18.9 Å². The van der Waals surface area contributed by atoms with Gasteiger partial charge in [0.15, 0.2) is 0 Å². The van der Waals surface area contributed by atoms with Gasteiger partial charge < -0.3 is 20.7 Å². The van der Waals surface area contributed by atoms with Crippen LogP contribution < -0.4 is 25.6 Å². The molecule has 0 spiro atoms. The minimum Gasteiger partial charge on any atom is -0.439 e. The summed E-state index contributed by atoms with van der Waals surface area (Å²) in [6.45, 7) is 3.46. The third-order valence-corrected chi connectivity index (χ3v) is 7.41. The quantitative estimate of drug-likeness (QED) is 0.276. The maximum Gasteiger partial charge on any atom is 0.331 e. The average molecular weight is 539 g/mol. The second-order valence-corrected chi connectivity index (χ2v) is 9.88. The number of ether oxygens (including phenoxy) is 1. The van der Waals surface area contributed by atoms with Crippen LogP contribution >= 0.6 is 11.3 Å². The number of anilines is 3. The summed E-state index contributed by atoms with van der Waals surface area (Å²) in [6.07, 6.45) is 7.37. The number of carbonyl (C=O) groups excluding carboxylic acids is 3. The first kappa shape index (κ1) is 24.3. The van der Waals surface area contributed by atoms with Crippen LogP contribution in [0.4, 0.5) is 21.9 Å². The van der Waals surface area contributed by atoms with Crippen LogP contribution in [0.1, 0.15) is 22.5 Å². The van der Waals surface area contributed by atoms with Crippen LogP contribution in [-0.2, 0) is 4.79 Å². The molecule has 4 heterocycles. The van der Waals surface area contributed by atoms with Crippen LogP contribution in [0, 0.1) is 0 Å². The Kier molecular flexibility index (Phi) is 6.25. The molecule has 4 aromatic rings. The molecule has 11 heteroatoms. The molecule has 10 nitrogen and oxygen atoms in total. The largest absolute Gasteiger partial charge is 0.439 e. The maximum absolute atomic E-state index is 13.3. The van der Waals surface area contributed by atoms with E-state index in [9.17, 15) is 14.4 Å². The summed E-state index contributed by atoms with van der Waals surface area (Å²) in [5.74, 6) is 0.446. The number of nitrogens with zero attached hydrogens (tertiary/aromatic N) is 3. The number of thiophene rings is 1. The van der Waals surface area contributed by atoms with E-state index < -0.39 is 6.03 Å². The predicted octanol–water partition coefficient (Wildman–Crippen LogP) is 5.25. The predicted molar refractivity (Wildman–Crippen MR) is 148 cm³/mol. The van der Waals surface area contributed by atoms with E-state index in [2.05, 4.69) is 32.5 Å². The molecule has 1 atom stereocenters. The summed E-state index contributed by atoms with van der Waals surface area (Å²) in [5, 5.41) is 9.30. The van der Waals surface area contributed by atoms with Crippen LogP contribution in [0.5, 0.6) is 11.6 Å². The highest BCUT2D eigenvalue weighted by Gasteiger charge is 2.33. The van der Waals surface area contributed by atoms with E-state index in [1.54, 1.807) is 30.6 Å². The minimum atomic E-state index is -0.423. The number of nitrogens with one attached hydrogen (secondary N) is 3. The molecule has 1 aliphatic carbocycles. The van der Waals surface area contributed by atoms with Crippen molar-refractivity contribution in [3.63, 3.8) is 0 Å². The van der Waals surface area contributed by atoms with E-state index in [0.717, 1.165) is 0 Å². The summed E-state index contributed by atoms with van der Waals surface area (Å²) in [4.78, 5) is 49.4. The molecule has 1 aliphatic heterocycles. The summed E-state index contributed by atoms with van der Waals surface area (Å²) in [6, 6.07) is 13.9. The molecule has 0 fully saturated rings. The number of aromatic nitrogens is 2. The first-order chi connectivity index (χ1) is 19.0. The van der Waals surface area contributed by atoms with E-state index in [0.29, 0.717) is 62.3 Å². The number of hydrogen-bond donors (Lipinski definition) is 3. The van der Waals surface area contributed by atoms with Crippen molar-refractivity contribution >= 4 is 56.5 Å². The Hall–Kier alpha value is -5.03. The van der Waals surface area contributed by atoms with Gasteiger partial charge in [0, 0.05) is 30.4 Å². The Balaban J connectivity index is 1.25. The second-order valence-electron chi connectivity index (χ2n) is 8.88. The summed E-state index contributed by atoms with van der Waals surface area (Å²) in [5.41, 5.74) is 2.26. The van der Waals surface area contributed by atoms with E-state index in [1.165, 1.54) is 22.3 Å². The van der Waals surface area contributed by atoms with Gasteiger partial charge in [-0.25, -0.2) is 14.8 Å². The zero-order valence-electron chi connectivity index (χ0n) is 20.5. The molecule has 4 amide bonds. The Morgan fingerprint density at radius 1 is 1.15 bits per heavy atom. The fraction of sp³-hybridized carbons (Fsp3) is 0.107. The third kappa shape index (κ3) is 4.71. The molecule has 0 saturated heterocycles. The van der Waals surface area contributed by atoms with Crippen molar-refractivity contribution in [3.05, 3.63) is 90.2 Å². The van der Waals surface area contributed by atoms with Crippen molar-refractivity contribution in [3.8, 4) is 11.6 Å². The summed E-state index contributed by atoms with van der Waals surface area (Å²) in [7, 11) is 0. The minimum absolute atomic E-state index is 0.105. The van der Waals surface area contributed by atoms with Gasteiger partial charge in [0.1, 0.15) is 15.5 Å². The van der Waals surface area contributed by atoms with E-state index in [1.807, 2.05) is 36.4 Å². The second kappa shape index (κ2) is 10.0. The number of benzene rings is 1.